The van der Waals surface area contributed by atoms with Crippen molar-refractivity contribution in [3.05, 3.63) is 0 Å². The quantitative estimate of drug-likeness (QED) is 0.429. The van der Waals surface area contributed by atoms with Crippen molar-refractivity contribution in [1.29, 1.82) is 0 Å². The van der Waals surface area contributed by atoms with Gasteiger partial charge in [0.15, 0.2) is 0 Å². The van der Waals surface area contributed by atoms with Crippen LogP contribution in [0.3, 0.4) is 0 Å². The summed E-state index contributed by atoms with van der Waals surface area (Å²) in [6.45, 7) is 1.20. The average molecular weight is 92.2 g/mol. The minimum atomic E-state index is -2.82. The van der Waals surface area contributed by atoms with E-state index in [-0.39, 0.29) is 0 Å². The molecule has 0 bridgehead atoms. The molecule has 0 spiro atoms. The maximum absolute atomic E-state index is 7.42. The summed E-state index contributed by atoms with van der Waals surface area (Å²) >= 11 is 0. The molecule has 0 heterocycles. The zero-order valence-electron chi connectivity index (χ0n) is 11.6. The molecule has 1 aliphatic rings. The fraction of sp³-hybridized carbons (Fsp3) is 1.00. The highest BCUT2D eigenvalue weighted by molar-refractivity contribution is 4.60. The number of hydrogen-bond acceptors (Lipinski definition) is 0. The highest BCUT2D eigenvalue weighted by atomic mass is 14.1. The van der Waals surface area contributed by atoms with Crippen LogP contribution in [0.25, 0.3) is 0 Å². The molecular formula is C6H12. The van der Waals surface area contributed by atoms with Gasteiger partial charge >= 0.3 is 0 Å². The maximum Gasteiger partial charge on any atom is 0.0269 e. The van der Waals surface area contributed by atoms with Gasteiger partial charge in [0.05, 0.1) is 0 Å². The predicted octanol–water partition coefficient (Wildman–Crippen LogP) is 2.20. The standard InChI is InChI=1S/C6H12/c1-6-4-2-3-5-6/h6H,2-5H2,1H3/i2D2,3D2,4D2,5D2. The summed E-state index contributed by atoms with van der Waals surface area (Å²) in [5.41, 5.74) is 0. The Kier molecular flexibility index (Phi) is 0.208. The van der Waals surface area contributed by atoms with Gasteiger partial charge in [0.25, 0.3) is 0 Å². The molecule has 0 N–H and O–H groups in total. The SMILES string of the molecule is [2H]C1([2H])C(C)C([2H])([2H])C([2H])([2H])C1([2H])[2H]. The lowest BCUT2D eigenvalue weighted by molar-refractivity contribution is 0.612. The summed E-state index contributed by atoms with van der Waals surface area (Å²) in [4.78, 5) is 0. The van der Waals surface area contributed by atoms with Gasteiger partial charge in [-0.1, -0.05) is 32.4 Å². The minimum absolute atomic E-state index is 1.20. The van der Waals surface area contributed by atoms with Crippen molar-refractivity contribution in [3.63, 3.8) is 0 Å². The molecule has 0 heteroatoms. The fourth-order valence-corrected chi connectivity index (χ4v) is 0.325. The normalized spacial score (nSPS) is 78.8. The van der Waals surface area contributed by atoms with Crippen LogP contribution in [0.5, 0.6) is 0 Å². The van der Waals surface area contributed by atoms with Crippen LogP contribution in [0.15, 0.2) is 0 Å². The summed E-state index contributed by atoms with van der Waals surface area (Å²) < 4.78 is 59.1. The van der Waals surface area contributed by atoms with Crippen LogP contribution in [-0.2, 0) is 0 Å². The lowest BCUT2D eigenvalue weighted by Crippen LogP contribution is -1.78. The summed E-state index contributed by atoms with van der Waals surface area (Å²) in [6.07, 6.45) is -10.6. The second kappa shape index (κ2) is 1.63. The molecule has 0 atom stereocenters. The minimum Gasteiger partial charge on any atom is -0.0625 e. The van der Waals surface area contributed by atoms with Gasteiger partial charge in [-0.15, -0.1) is 0 Å². The van der Waals surface area contributed by atoms with Crippen LogP contribution >= 0.6 is 0 Å². The lowest BCUT2D eigenvalue weighted by atomic mass is 10.2. The van der Waals surface area contributed by atoms with Crippen LogP contribution in [-0.4, -0.2) is 0 Å². The first kappa shape index (κ1) is 0.765. The lowest BCUT2D eigenvalue weighted by Gasteiger charge is -1.91. The van der Waals surface area contributed by atoms with Crippen molar-refractivity contribution in [2.75, 3.05) is 0 Å². The maximum atomic E-state index is 7.42. The van der Waals surface area contributed by atoms with Gasteiger partial charge in [0.1, 0.15) is 0 Å². The van der Waals surface area contributed by atoms with Crippen molar-refractivity contribution < 1.29 is 11.0 Å². The Bertz CT molecular complexity index is 229. The van der Waals surface area contributed by atoms with Gasteiger partial charge in [0, 0.05) is 11.0 Å². The molecule has 0 unspecified atom stereocenters. The van der Waals surface area contributed by atoms with E-state index in [0.29, 0.717) is 0 Å². The van der Waals surface area contributed by atoms with Gasteiger partial charge in [-0.3, -0.25) is 0 Å². The molecule has 0 aromatic carbocycles. The Balaban J connectivity index is 3.38. The smallest absolute Gasteiger partial charge is 0.0269 e. The van der Waals surface area contributed by atoms with Crippen molar-refractivity contribution in [1.82, 2.24) is 0 Å². The third-order valence-electron chi connectivity index (χ3n) is 0.640. The van der Waals surface area contributed by atoms with Crippen LogP contribution in [0.1, 0.15) is 43.4 Å². The molecule has 0 amide bonds. The second-order valence-corrected chi connectivity index (χ2v) is 1.26. The Labute approximate surface area is 50.8 Å². The van der Waals surface area contributed by atoms with Crippen molar-refractivity contribution in [2.45, 2.75) is 32.4 Å². The van der Waals surface area contributed by atoms with E-state index in [1.807, 2.05) is 0 Å². The van der Waals surface area contributed by atoms with Gasteiger partial charge < -0.3 is 0 Å². The molecule has 0 saturated heterocycles. The summed E-state index contributed by atoms with van der Waals surface area (Å²) in [6, 6.07) is 0. The predicted molar refractivity (Wildman–Crippen MR) is 27.6 cm³/mol. The third kappa shape index (κ3) is 0.735. The van der Waals surface area contributed by atoms with E-state index in [4.69, 9.17) is 11.0 Å². The molecule has 0 radical (unpaired) electrons. The van der Waals surface area contributed by atoms with Crippen molar-refractivity contribution >= 4 is 0 Å². The molecule has 1 saturated carbocycles. The Morgan fingerprint density at radius 2 is 2.00 bits per heavy atom. The summed E-state index contributed by atoms with van der Waals surface area (Å²) in [5.74, 6) is -1.32. The highest BCUT2D eigenvalue weighted by Gasteiger charge is 2.07. The van der Waals surface area contributed by atoms with Gasteiger partial charge in [-0.25, -0.2) is 0 Å². The first-order valence-electron chi connectivity index (χ1n) is 5.90. The molecule has 1 fully saturated rings. The summed E-state index contributed by atoms with van der Waals surface area (Å²) in [7, 11) is 0. The van der Waals surface area contributed by atoms with E-state index in [1.54, 1.807) is 0 Å². The topological polar surface area (TPSA) is 0 Å². The third-order valence-corrected chi connectivity index (χ3v) is 0.640. The van der Waals surface area contributed by atoms with Crippen molar-refractivity contribution in [2.24, 2.45) is 5.92 Å². The van der Waals surface area contributed by atoms with Gasteiger partial charge in [-0.2, -0.15) is 0 Å². The van der Waals surface area contributed by atoms with Crippen molar-refractivity contribution in [3.8, 4) is 0 Å². The molecule has 0 aliphatic heterocycles. The average Bonchev–Trinajstić information content (AvgIpc) is 2.05. The fourth-order valence-electron chi connectivity index (χ4n) is 0.325. The molecule has 0 aromatic heterocycles. The van der Waals surface area contributed by atoms with Crippen LogP contribution in [0.2, 0.25) is 0 Å². The monoisotopic (exact) mass is 92.1 g/mol. The Morgan fingerprint density at radius 1 is 1.50 bits per heavy atom. The Hall–Kier alpha value is 0. The zero-order valence-corrected chi connectivity index (χ0v) is 3.58. The zero-order chi connectivity index (χ0) is 11.6. The van der Waals surface area contributed by atoms with E-state index >= 15 is 0 Å². The molecule has 0 nitrogen and oxygen atoms in total. The molecule has 1 rings (SSSR count). The van der Waals surface area contributed by atoms with E-state index in [1.165, 1.54) is 6.92 Å². The molecule has 6 heavy (non-hydrogen) atoms. The molecule has 0 aromatic rings. The molecule has 36 valence electrons. The number of hydrogen-bond donors (Lipinski definition) is 0. The van der Waals surface area contributed by atoms with E-state index in [9.17, 15) is 0 Å². The van der Waals surface area contributed by atoms with E-state index in [0.717, 1.165) is 0 Å². The van der Waals surface area contributed by atoms with Gasteiger partial charge in [0.2, 0.25) is 0 Å². The first-order chi connectivity index (χ1) is 5.90. The van der Waals surface area contributed by atoms with E-state index in [2.05, 4.69) is 0 Å². The highest BCUT2D eigenvalue weighted by Crippen LogP contribution is 2.22. The van der Waals surface area contributed by atoms with E-state index < -0.39 is 31.4 Å². The van der Waals surface area contributed by atoms with Crippen LogP contribution < -0.4 is 0 Å². The molecule has 1 aliphatic carbocycles. The Morgan fingerprint density at radius 3 is 2.17 bits per heavy atom. The molecular weight excluding hydrogens is 72.1 g/mol. The largest absolute Gasteiger partial charge is 0.0625 e. The first-order valence-corrected chi connectivity index (χ1v) is 1.90. The number of rotatable bonds is 0. The van der Waals surface area contributed by atoms with Crippen LogP contribution in [0, 0.1) is 5.92 Å². The van der Waals surface area contributed by atoms with Gasteiger partial charge in [-0.05, 0) is 5.92 Å². The summed E-state index contributed by atoms with van der Waals surface area (Å²) in [5, 5.41) is 0. The van der Waals surface area contributed by atoms with Crippen LogP contribution in [0.4, 0.5) is 0 Å². The second-order valence-electron chi connectivity index (χ2n) is 1.26.